The van der Waals surface area contributed by atoms with E-state index in [9.17, 15) is 10.1 Å². The molecule has 1 heterocycles. The number of non-ortho nitro benzene ring substituents is 1. The van der Waals surface area contributed by atoms with Gasteiger partial charge >= 0.3 is 0 Å². The number of para-hydroxylation sites is 1. The van der Waals surface area contributed by atoms with Crippen molar-refractivity contribution < 1.29 is 14.4 Å². The summed E-state index contributed by atoms with van der Waals surface area (Å²) in [5.41, 5.74) is 4.94. The summed E-state index contributed by atoms with van der Waals surface area (Å²) in [5, 5.41) is 17.5. The van der Waals surface area contributed by atoms with E-state index in [1.54, 1.807) is 38.6 Å². The average molecular weight is 384 g/mol. The van der Waals surface area contributed by atoms with Gasteiger partial charge in [-0.1, -0.05) is 18.2 Å². The third-order valence-corrected chi connectivity index (χ3v) is 4.40. The van der Waals surface area contributed by atoms with Crippen LogP contribution in [-0.2, 0) is 0 Å². The minimum atomic E-state index is -0.430. The number of thiazole rings is 1. The zero-order chi connectivity index (χ0) is 19.2. The smallest absolute Gasteiger partial charge is 0.270 e. The van der Waals surface area contributed by atoms with Crippen molar-refractivity contribution in [2.75, 3.05) is 19.6 Å². The van der Waals surface area contributed by atoms with E-state index in [2.05, 4.69) is 15.5 Å². The lowest BCUT2D eigenvalue weighted by molar-refractivity contribution is -0.384. The quantitative estimate of drug-likeness (QED) is 0.373. The van der Waals surface area contributed by atoms with E-state index < -0.39 is 4.92 Å². The zero-order valence-electron chi connectivity index (χ0n) is 14.6. The summed E-state index contributed by atoms with van der Waals surface area (Å²) in [7, 11) is 3.14. The van der Waals surface area contributed by atoms with E-state index in [1.807, 2.05) is 17.5 Å². The molecule has 0 aliphatic carbocycles. The Bertz CT molecular complexity index is 987. The van der Waals surface area contributed by atoms with Crippen molar-refractivity contribution in [1.82, 2.24) is 4.98 Å². The van der Waals surface area contributed by atoms with Crippen LogP contribution < -0.4 is 14.9 Å². The molecular weight excluding hydrogens is 368 g/mol. The molecule has 1 N–H and O–H groups in total. The molecule has 27 heavy (non-hydrogen) atoms. The van der Waals surface area contributed by atoms with Crippen molar-refractivity contribution in [2.24, 2.45) is 5.10 Å². The summed E-state index contributed by atoms with van der Waals surface area (Å²) in [6.45, 7) is 0. The first kappa shape index (κ1) is 18.3. The molecule has 0 atom stereocenters. The Labute approximate surface area is 159 Å². The fraction of sp³-hybridized carbons (Fsp3) is 0.111. The molecule has 0 aliphatic heterocycles. The molecule has 0 amide bonds. The van der Waals surface area contributed by atoms with Crippen molar-refractivity contribution in [3.63, 3.8) is 0 Å². The Morgan fingerprint density at radius 3 is 2.78 bits per heavy atom. The highest BCUT2D eigenvalue weighted by molar-refractivity contribution is 7.14. The Hall–Kier alpha value is -3.46. The second kappa shape index (κ2) is 8.28. The predicted molar refractivity (Wildman–Crippen MR) is 105 cm³/mol. The number of hydrazone groups is 1. The van der Waals surface area contributed by atoms with Gasteiger partial charge in [0.15, 0.2) is 11.5 Å². The lowest BCUT2D eigenvalue weighted by Crippen LogP contribution is -1.96. The number of nitro benzene ring substituents is 1. The van der Waals surface area contributed by atoms with Crippen LogP contribution in [0.4, 0.5) is 10.8 Å². The average Bonchev–Trinajstić information content (AvgIpc) is 3.16. The van der Waals surface area contributed by atoms with E-state index in [-0.39, 0.29) is 5.69 Å². The van der Waals surface area contributed by atoms with Gasteiger partial charge in [-0.25, -0.2) is 4.98 Å². The molecule has 3 aromatic rings. The van der Waals surface area contributed by atoms with Gasteiger partial charge in [0, 0.05) is 28.6 Å². The van der Waals surface area contributed by atoms with Crippen LogP contribution in [0.2, 0.25) is 0 Å². The first-order valence-corrected chi connectivity index (χ1v) is 8.70. The lowest BCUT2D eigenvalue weighted by atomic mass is 10.1. The monoisotopic (exact) mass is 384 g/mol. The molecular formula is C18H16N4O4S. The van der Waals surface area contributed by atoms with E-state index in [0.717, 1.165) is 5.56 Å². The normalized spacial score (nSPS) is 10.7. The van der Waals surface area contributed by atoms with E-state index in [1.165, 1.54) is 23.5 Å². The predicted octanol–water partition coefficient (Wildman–Crippen LogP) is 4.18. The van der Waals surface area contributed by atoms with Crippen LogP contribution in [-0.4, -0.2) is 30.3 Å². The molecule has 2 aromatic carbocycles. The van der Waals surface area contributed by atoms with Gasteiger partial charge in [0.25, 0.3) is 5.69 Å². The number of nitrogens with one attached hydrogen (secondary N) is 1. The highest BCUT2D eigenvalue weighted by Gasteiger charge is 2.10. The number of anilines is 1. The van der Waals surface area contributed by atoms with Crippen molar-refractivity contribution in [3.8, 4) is 22.8 Å². The summed E-state index contributed by atoms with van der Waals surface area (Å²) in [6.07, 6.45) is 1.61. The van der Waals surface area contributed by atoms with Gasteiger partial charge in [-0.3, -0.25) is 15.5 Å². The summed E-state index contributed by atoms with van der Waals surface area (Å²) in [6, 6.07) is 11.8. The van der Waals surface area contributed by atoms with Crippen LogP contribution in [0, 0.1) is 10.1 Å². The summed E-state index contributed by atoms with van der Waals surface area (Å²) < 4.78 is 10.6. The Morgan fingerprint density at radius 2 is 2.04 bits per heavy atom. The Kier molecular flexibility index (Phi) is 5.62. The number of ether oxygens (including phenoxy) is 2. The van der Waals surface area contributed by atoms with Gasteiger partial charge in [0.1, 0.15) is 0 Å². The van der Waals surface area contributed by atoms with Gasteiger partial charge < -0.3 is 9.47 Å². The number of methoxy groups -OCH3 is 2. The molecule has 138 valence electrons. The van der Waals surface area contributed by atoms with Gasteiger partial charge in [-0.2, -0.15) is 5.10 Å². The molecule has 9 heteroatoms. The fourth-order valence-electron chi connectivity index (χ4n) is 2.41. The maximum atomic E-state index is 10.9. The molecule has 0 bridgehead atoms. The molecule has 8 nitrogen and oxygen atoms in total. The van der Waals surface area contributed by atoms with Gasteiger partial charge in [-0.05, 0) is 12.1 Å². The maximum absolute atomic E-state index is 10.9. The van der Waals surface area contributed by atoms with E-state index in [0.29, 0.717) is 27.9 Å². The third kappa shape index (κ3) is 4.21. The Morgan fingerprint density at radius 1 is 1.22 bits per heavy atom. The van der Waals surface area contributed by atoms with Crippen molar-refractivity contribution in [3.05, 3.63) is 63.5 Å². The van der Waals surface area contributed by atoms with E-state index in [4.69, 9.17) is 9.47 Å². The van der Waals surface area contributed by atoms with Gasteiger partial charge in [0.05, 0.1) is 31.1 Å². The van der Waals surface area contributed by atoms with Gasteiger partial charge in [-0.15, -0.1) is 11.3 Å². The largest absolute Gasteiger partial charge is 0.493 e. The fourth-order valence-corrected chi connectivity index (χ4v) is 3.08. The van der Waals surface area contributed by atoms with Crippen LogP contribution in [0.5, 0.6) is 11.5 Å². The molecule has 0 saturated carbocycles. The maximum Gasteiger partial charge on any atom is 0.270 e. The molecule has 0 aliphatic rings. The number of nitrogens with zero attached hydrogens (tertiary/aromatic N) is 3. The second-order valence-electron chi connectivity index (χ2n) is 5.30. The lowest BCUT2D eigenvalue weighted by Gasteiger charge is -2.09. The van der Waals surface area contributed by atoms with Crippen LogP contribution in [0.3, 0.4) is 0 Å². The highest BCUT2D eigenvalue weighted by Crippen LogP contribution is 2.30. The molecule has 0 unspecified atom stereocenters. The number of nitro groups is 1. The van der Waals surface area contributed by atoms with Crippen LogP contribution in [0.25, 0.3) is 11.3 Å². The minimum absolute atomic E-state index is 0.0261. The third-order valence-electron chi connectivity index (χ3n) is 3.65. The molecule has 0 radical (unpaired) electrons. The van der Waals surface area contributed by atoms with E-state index >= 15 is 0 Å². The number of aromatic nitrogens is 1. The standard InChI is InChI=1S/C18H16N4O4S/c1-25-16-8-4-6-13(17(16)26-2)10-19-21-18-20-15(11-27-18)12-5-3-7-14(9-12)22(23)24/h3-11H,1-2H3,(H,20,21)/b19-10-. The summed E-state index contributed by atoms with van der Waals surface area (Å²) >= 11 is 1.35. The van der Waals surface area contributed by atoms with Crippen molar-refractivity contribution >= 4 is 28.4 Å². The number of rotatable bonds is 7. The molecule has 0 fully saturated rings. The Balaban J connectivity index is 1.75. The summed E-state index contributed by atoms with van der Waals surface area (Å²) in [5.74, 6) is 1.20. The number of hydrogen-bond acceptors (Lipinski definition) is 8. The number of hydrogen-bond donors (Lipinski definition) is 1. The van der Waals surface area contributed by atoms with Crippen LogP contribution in [0.1, 0.15) is 5.56 Å². The van der Waals surface area contributed by atoms with Gasteiger partial charge in [0.2, 0.25) is 5.13 Å². The molecule has 1 aromatic heterocycles. The van der Waals surface area contributed by atoms with Crippen LogP contribution in [0.15, 0.2) is 52.9 Å². The zero-order valence-corrected chi connectivity index (χ0v) is 15.4. The highest BCUT2D eigenvalue weighted by atomic mass is 32.1. The number of benzene rings is 2. The van der Waals surface area contributed by atoms with Crippen LogP contribution >= 0.6 is 11.3 Å². The molecule has 0 spiro atoms. The van der Waals surface area contributed by atoms with Crippen molar-refractivity contribution in [2.45, 2.75) is 0 Å². The summed E-state index contributed by atoms with van der Waals surface area (Å²) in [4.78, 5) is 14.9. The molecule has 3 rings (SSSR count). The SMILES string of the molecule is COc1cccc(/C=N\Nc2nc(-c3cccc([N+](=O)[O-])c3)cs2)c1OC. The minimum Gasteiger partial charge on any atom is -0.493 e. The first-order chi connectivity index (χ1) is 13.1. The topological polar surface area (TPSA) is 98.9 Å². The first-order valence-electron chi connectivity index (χ1n) is 7.83. The van der Waals surface area contributed by atoms with Crippen molar-refractivity contribution in [1.29, 1.82) is 0 Å². The second-order valence-corrected chi connectivity index (χ2v) is 6.16. The molecule has 0 saturated heterocycles.